The van der Waals surface area contributed by atoms with Gasteiger partial charge in [0.2, 0.25) is 0 Å². The van der Waals surface area contributed by atoms with Gasteiger partial charge in [-0.2, -0.15) is 0 Å². The average Bonchev–Trinajstić information content (AvgIpc) is 2.56. The van der Waals surface area contributed by atoms with E-state index in [1.54, 1.807) is 36.1 Å². The van der Waals surface area contributed by atoms with Crippen molar-refractivity contribution in [2.24, 2.45) is 5.92 Å². The van der Waals surface area contributed by atoms with Crippen LogP contribution < -0.4 is 0 Å². The van der Waals surface area contributed by atoms with Crippen molar-refractivity contribution in [2.45, 2.75) is 33.3 Å². The second-order valence-corrected chi connectivity index (χ2v) is 6.34. The third kappa shape index (κ3) is 6.49. The summed E-state index contributed by atoms with van der Waals surface area (Å²) in [4.78, 5) is 26.1. The van der Waals surface area contributed by atoms with E-state index in [-0.39, 0.29) is 24.5 Å². The zero-order valence-electron chi connectivity index (χ0n) is 14.8. The van der Waals surface area contributed by atoms with Crippen LogP contribution in [0.5, 0.6) is 0 Å². The molecular weight excluding hydrogens is 330 g/mol. The Morgan fingerprint density at radius 2 is 1.88 bits per heavy atom. The third-order valence-electron chi connectivity index (χ3n) is 3.51. The van der Waals surface area contributed by atoms with Gasteiger partial charge in [-0.3, -0.25) is 9.59 Å². The largest absolute Gasteiger partial charge is 0.469 e. The highest BCUT2D eigenvalue weighted by Crippen LogP contribution is 2.18. The van der Waals surface area contributed by atoms with Crippen LogP contribution in [0.4, 0.5) is 0 Å². The standard InChI is InChI=1S/C18H26ClNO4/c1-13(2)24-11-7-10-20(12-14(3)18(22)23-4)17(21)15-8-5-6-9-16(15)19/h5-6,8-9,13-14H,7,10-12H2,1-4H3. The minimum absolute atomic E-state index is 0.145. The maximum absolute atomic E-state index is 12.8. The second kappa shape index (κ2) is 10.3. The van der Waals surface area contributed by atoms with Crippen molar-refractivity contribution >= 4 is 23.5 Å². The molecule has 0 saturated carbocycles. The number of hydrogen-bond donors (Lipinski definition) is 0. The van der Waals surface area contributed by atoms with Crippen molar-refractivity contribution in [3.05, 3.63) is 34.9 Å². The van der Waals surface area contributed by atoms with Gasteiger partial charge in [0.05, 0.1) is 29.7 Å². The Labute approximate surface area is 148 Å². The van der Waals surface area contributed by atoms with E-state index in [1.165, 1.54) is 7.11 Å². The molecule has 0 spiro atoms. The molecule has 0 fully saturated rings. The SMILES string of the molecule is COC(=O)C(C)CN(CCCOC(C)C)C(=O)c1ccccc1Cl. The Kier molecular flexibility index (Phi) is 8.79. The molecule has 134 valence electrons. The Bertz CT molecular complexity index is 548. The first kappa shape index (κ1) is 20.5. The lowest BCUT2D eigenvalue weighted by molar-refractivity contribution is -0.145. The normalized spacial score (nSPS) is 12.1. The van der Waals surface area contributed by atoms with E-state index in [0.29, 0.717) is 30.2 Å². The Balaban J connectivity index is 2.81. The molecule has 1 aromatic carbocycles. The Morgan fingerprint density at radius 3 is 2.46 bits per heavy atom. The van der Waals surface area contributed by atoms with Gasteiger partial charge in [0, 0.05) is 19.7 Å². The van der Waals surface area contributed by atoms with Crippen LogP contribution >= 0.6 is 11.6 Å². The summed E-state index contributed by atoms with van der Waals surface area (Å²) in [5.74, 6) is -0.946. The van der Waals surface area contributed by atoms with Crippen LogP contribution in [0.3, 0.4) is 0 Å². The number of rotatable bonds is 9. The van der Waals surface area contributed by atoms with Crippen molar-refractivity contribution in [1.29, 1.82) is 0 Å². The predicted octanol–water partition coefficient (Wildman–Crippen LogP) is 3.41. The summed E-state index contributed by atoms with van der Waals surface area (Å²) in [5, 5.41) is 0.400. The average molecular weight is 356 g/mol. The summed E-state index contributed by atoms with van der Waals surface area (Å²) in [6, 6.07) is 6.91. The van der Waals surface area contributed by atoms with Gasteiger partial charge < -0.3 is 14.4 Å². The van der Waals surface area contributed by atoms with Gasteiger partial charge in [-0.05, 0) is 32.4 Å². The molecule has 0 heterocycles. The van der Waals surface area contributed by atoms with Gasteiger partial charge in [-0.25, -0.2) is 0 Å². The first-order valence-corrected chi connectivity index (χ1v) is 8.47. The number of hydrogen-bond acceptors (Lipinski definition) is 4. The van der Waals surface area contributed by atoms with E-state index >= 15 is 0 Å². The smallest absolute Gasteiger partial charge is 0.310 e. The number of carbonyl (C=O) groups excluding carboxylic acids is 2. The number of esters is 1. The maximum atomic E-state index is 12.8. The van der Waals surface area contributed by atoms with Gasteiger partial charge in [-0.1, -0.05) is 30.7 Å². The van der Waals surface area contributed by atoms with E-state index in [1.807, 2.05) is 13.8 Å². The summed E-state index contributed by atoms with van der Waals surface area (Å²) in [6.45, 7) is 6.98. The van der Waals surface area contributed by atoms with Crippen molar-refractivity contribution in [1.82, 2.24) is 4.90 Å². The Hall–Kier alpha value is -1.59. The monoisotopic (exact) mass is 355 g/mol. The van der Waals surface area contributed by atoms with Crippen LogP contribution in [0.25, 0.3) is 0 Å². The molecule has 6 heteroatoms. The number of benzene rings is 1. The molecule has 0 N–H and O–H groups in total. The number of methoxy groups -OCH3 is 1. The highest BCUT2D eigenvalue weighted by atomic mass is 35.5. The minimum atomic E-state index is -0.410. The summed E-state index contributed by atoms with van der Waals surface area (Å²) >= 11 is 6.13. The predicted molar refractivity (Wildman–Crippen MR) is 94.2 cm³/mol. The lowest BCUT2D eigenvalue weighted by atomic mass is 10.1. The summed E-state index contributed by atoms with van der Waals surface area (Å²) in [5.41, 5.74) is 0.431. The van der Waals surface area contributed by atoms with Crippen LogP contribution in [0, 0.1) is 5.92 Å². The van der Waals surface area contributed by atoms with Crippen molar-refractivity contribution in [3.63, 3.8) is 0 Å². The fourth-order valence-electron chi connectivity index (χ4n) is 2.26. The number of carbonyl (C=O) groups is 2. The first-order chi connectivity index (χ1) is 11.4. The zero-order chi connectivity index (χ0) is 18.1. The highest BCUT2D eigenvalue weighted by Gasteiger charge is 2.23. The maximum Gasteiger partial charge on any atom is 0.310 e. The molecule has 1 rings (SSSR count). The molecule has 0 aliphatic rings. The lowest BCUT2D eigenvalue weighted by Gasteiger charge is -2.25. The molecule has 1 atom stereocenters. The quantitative estimate of drug-likeness (QED) is 0.503. The van der Waals surface area contributed by atoms with Crippen LogP contribution in [0.1, 0.15) is 37.6 Å². The van der Waals surface area contributed by atoms with E-state index in [0.717, 1.165) is 0 Å². The highest BCUT2D eigenvalue weighted by molar-refractivity contribution is 6.33. The fraction of sp³-hybridized carbons (Fsp3) is 0.556. The molecule has 0 aromatic heterocycles. The molecule has 1 unspecified atom stereocenters. The molecule has 1 amide bonds. The minimum Gasteiger partial charge on any atom is -0.469 e. The van der Waals surface area contributed by atoms with E-state index in [2.05, 4.69) is 0 Å². The van der Waals surface area contributed by atoms with Crippen molar-refractivity contribution < 1.29 is 19.1 Å². The second-order valence-electron chi connectivity index (χ2n) is 5.93. The number of ether oxygens (including phenoxy) is 2. The number of amides is 1. The van der Waals surface area contributed by atoms with Gasteiger partial charge in [-0.15, -0.1) is 0 Å². The van der Waals surface area contributed by atoms with Gasteiger partial charge in [0.1, 0.15) is 0 Å². The zero-order valence-corrected chi connectivity index (χ0v) is 15.5. The molecule has 0 saturated heterocycles. The molecule has 0 bridgehead atoms. The molecule has 24 heavy (non-hydrogen) atoms. The summed E-state index contributed by atoms with van der Waals surface area (Å²) in [6.07, 6.45) is 0.828. The van der Waals surface area contributed by atoms with Crippen LogP contribution in [-0.4, -0.2) is 49.7 Å². The molecule has 0 radical (unpaired) electrons. The molecule has 5 nitrogen and oxygen atoms in total. The van der Waals surface area contributed by atoms with Crippen LogP contribution in [0.2, 0.25) is 5.02 Å². The van der Waals surface area contributed by atoms with E-state index < -0.39 is 5.92 Å². The third-order valence-corrected chi connectivity index (χ3v) is 3.84. The molecular formula is C18H26ClNO4. The van der Waals surface area contributed by atoms with Crippen LogP contribution in [0.15, 0.2) is 24.3 Å². The van der Waals surface area contributed by atoms with Gasteiger partial charge in [0.25, 0.3) is 5.91 Å². The lowest BCUT2D eigenvalue weighted by Crippen LogP contribution is -2.38. The number of nitrogens with zero attached hydrogens (tertiary/aromatic N) is 1. The molecule has 1 aromatic rings. The van der Waals surface area contributed by atoms with Gasteiger partial charge >= 0.3 is 5.97 Å². The van der Waals surface area contributed by atoms with E-state index in [4.69, 9.17) is 21.1 Å². The topological polar surface area (TPSA) is 55.8 Å². The van der Waals surface area contributed by atoms with Crippen molar-refractivity contribution in [2.75, 3.05) is 26.8 Å². The summed E-state index contributed by atoms with van der Waals surface area (Å²) in [7, 11) is 1.34. The Morgan fingerprint density at radius 1 is 1.21 bits per heavy atom. The fourth-order valence-corrected chi connectivity index (χ4v) is 2.48. The summed E-state index contributed by atoms with van der Waals surface area (Å²) < 4.78 is 10.3. The van der Waals surface area contributed by atoms with Crippen LogP contribution in [-0.2, 0) is 14.3 Å². The first-order valence-electron chi connectivity index (χ1n) is 8.10. The number of halogens is 1. The van der Waals surface area contributed by atoms with Gasteiger partial charge in [0.15, 0.2) is 0 Å². The van der Waals surface area contributed by atoms with E-state index in [9.17, 15) is 9.59 Å². The molecule has 0 aliphatic carbocycles. The molecule has 0 aliphatic heterocycles. The van der Waals surface area contributed by atoms with Crippen molar-refractivity contribution in [3.8, 4) is 0 Å².